The number of nitriles is 1. The molecule has 1 aromatic heterocycles. The highest BCUT2D eigenvalue weighted by atomic mass is 16.6. The Hall–Kier alpha value is -3.14. The molecular formula is C15H13N3O4. The molecule has 0 aliphatic rings. The van der Waals surface area contributed by atoms with Crippen molar-refractivity contribution in [3.05, 3.63) is 68.1 Å². The average Bonchev–Trinajstić information content (AvgIpc) is 2.50. The lowest BCUT2D eigenvalue weighted by Gasteiger charge is -2.09. The molecular weight excluding hydrogens is 286 g/mol. The molecule has 0 saturated heterocycles. The van der Waals surface area contributed by atoms with Gasteiger partial charge < -0.3 is 9.30 Å². The van der Waals surface area contributed by atoms with Crippen molar-refractivity contribution in [2.24, 2.45) is 0 Å². The molecule has 0 bridgehead atoms. The summed E-state index contributed by atoms with van der Waals surface area (Å²) >= 11 is 0. The van der Waals surface area contributed by atoms with Gasteiger partial charge in [-0.3, -0.25) is 14.9 Å². The first kappa shape index (κ1) is 15.3. The molecule has 0 aliphatic carbocycles. The van der Waals surface area contributed by atoms with E-state index in [1.165, 1.54) is 28.8 Å². The topological polar surface area (TPSA) is 98.2 Å². The van der Waals surface area contributed by atoms with Crippen molar-refractivity contribution < 1.29 is 9.66 Å². The first-order valence-electron chi connectivity index (χ1n) is 6.50. The highest BCUT2D eigenvalue weighted by molar-refractivity contribution is 5.36. The van der Waals surface area contributed by atoms with Gasteiger partial charge in [-0.1, -0.05) is 0 Å². The van der Waals surface area contributed by atoms with E-state index in [1.807, 2.05) is 6.07 Å². The van der Waals surface area contributed by atoms with Gasteiger partial charge in [0.15, 0.2) is 0 Å². The van der Waals surface area contributed by atoms with E-state index in [0.717, 1.165) is 0 Å². The third-order valence-electron chi connectivity index (χ3n) is 3.13. The van der Waals surface area contributed by atoms with E-state index in [-0.39, 0.29) is 30.0 Å². The molecule has 1 heterocycles. The number of pyridine rings is 1. The first-order chi connectivity index (χ1) is 10.5. The highest BCUT2D eigenvalue weighted by Gasteiger charge is 2.07. The van der Waals surface area contributed by atoms with E-state index >= 15 is 0 Å². The summed E-state index contributed by atoms with van der Waals surface area (Å²) in [5, 5.41) is 19.5. The molecule has 0 radical (unpaired) electrons. The van der Waals surface area contributed by atoms with Crippen LogP contribution in [0.15, 0.2) is 41.3 Å². The highest BCUT2D eigenvalue weighted by Crippen LogP contribution is 2.17. The number of aromatic nitrogens is 1. The fraction of sp³-hybridized carbons (Fsp3) is 0.200. The van der Waals surface area contributed by atoms with E-state index in [0.29, 0.717) is 11.3 Å². The fourth-order valence-electron chi connectivity index (χ4n) is 1.90. The molecule has 0 unspecified atom stereocenters. The lowest BCUT2D eigenvalue weighted by Crippen LogP contribution is -2.25. The predicted molar refractivity (Wildman–Crippen MR) is 78.7 cm³/mol. The molecule has 2 aromatic rings. The maximum atomic E-state index is 12.0. The Kier molecular flexibility index (Phi) is 4.53. The van der Waals surface area contributed by atoms with Gasteiger partial charge in [0.05, 0.1) is 11.5 Å². The van der Waals surface area contributed by atoms with Gasteiger partial charge >= 0.3 is 0 Å². The van der Waals surface area contributed by atoms with Gasteiger partial charge in [-0.15, -0.1) is 0 Å². The van der Waals surface area contributed by atoms with Crippen LogP contribution in [0, 0.1) is 28.4 Å². The van der Waals surface area contributed by atoms with Crippen LogP contribution in [-0.4, -0.2) is 16.1 Å². The summed E-state index contributed by atoms with van der Waals surface area (Å²) in [6, 6.07) is 9.28. The van der Waals surface area contributed by atoms with Gasteiger partial charge in [-0.05, 0) is 30.7 Å². The fourth-order valence-corrected chi connectivity index (χ4v) is 1.90. The van der Waals surface area contributed by atoms with Crippen molar-refractivity contribution in [3.63, 3.8) is 0 Å². The molecule has 0 spiro atoms. The SMILES string of the molecule is Cc1ccn(CCOc2ccc([N+](=O)[O-])cc2)c(=O)c1C#N. The first-order valence-corrected chi connectivity index (χ1v) is 6.50. The third kappa shape index (κ3) is 3.30. The summed E-state index contributed by atoms with van der Waals surface area (Å²) in [6.45, 7) is 2.20. The summed E-state index contributed by atoms with van der Waals surface area (Å²) in [5.41, 5.74) is 0.397. The monoisotopic (exact) mass is 299 g/mol. The van der Waals surface area contributed by atoms with Crippen LogP contribution in [0.3, 0.4) is 0 Å². The van der Waals surface area contributed by atoms with E-state index in [9.17, 15) is 14.9 Å². The van der Waals surface area contributed by atoms with E-state index in [2.05, 4.69) is 0 Å². The molecule has 112 valence electrons. The maximum Gasteiger partial charge on any atom is 0.269 e. The number of rotatable bonds is 5. The number of hydrogen-bond donors (Lipinski definition) is 0. The Labute approximate surface area is 126 Å². The number of benzene rings is 1. The second kappa shape index (κ2) is 6.54. The van der Waals surface area contributed by atoms with Crippen molar-refractivity contribution in [2.75, 3.05) is 6.61 Å². The Morgan fingerprint density at radius 3 is 2.59 bits per heavy atom. The van der Waals surface area contributed by atoms with Gasteiger partial charge in [0.2, 0.25) is 0 Å². The standard InChI is InChI=1S/C15H13N3O4/c1-11-6-7-17(15(19)14(11)10-16)8-9-22-13-4-2-12(3-5-13)18(20)21/h2-7H,8-9H2,1H3. The minimum atomic E-state index is -0.487. The number of nitro benzene ring substituents is 1. The van der Waals surface area contributed by atoms with Crippen LogP contribution in [0.5, 0.6) is 5.75 Å². The van der Waals surface area contributed by atoms with Gasteiger partial charge in [-0.2, -0.15) is 5.26 Å². The number of non-ortho nitro benzene ring substituents is 1. The lowest BCUT2D eigenvalue weighted by molar-refractivity contribution is -0.384. The zero-order valence-corrected chi connectivity index (χ0v) is 11.9. The normalized spacial score (nSPS) is 10.0. The van der Waals surface area contributed by atoms with Gasteiger partial charge in [-0.25, -0.2) is 0 Å². The van der Waals surface area contributed by atoms with Gasteiger partial charge in [0, 0.05) is 18.3 Å². The van der Waals surface area contributed by atoms with Crippen LogP contribution in [0.1, 0.15) is 11.1 Å². The van der Waals surface area contributed by atoms with Crippen LogP contribution >= 0.6 is 0 Å². The average molecular weight is 299 g/mol. The number of ether oxygens (including phenoxy) is 1. The van der Waals surface area contributed by atoms with Crippen LogP contribution in [0.4, 0.5) is 5.69 Å². The van der Waals surface area contributed by atoms with Crippen LogP contribution < -0.4 is 10.3 Å². The molecule has 1 aromatic carbocycles. The predicted octanol–water partition coefficient (Wildman–Crippen LogP) is 2.02. The number of hydrogen-bond acceptors (Lipinski definition) is 5. The van der Waals surface area contributed by atoms with E-state index < -0.39 is 4.92 Å². The quantitative estimate of drug-likeness (QED) is 0.621. The summed E-state index contributed by atoms with van der Waals surface area (Å²) in [4.78, 5) is 22.0. The van der Waals surface area contributed by atoms with Gasteiger partial charge in [0.25, 0.3) is 11.2 Å². The smallest absolute Gasteiger partial charge is 0.269 e. The Morgan fingerprint density at radius 2 is 2.00 bits per heavy atom. The molecule has 0 saturated carbocycles. The van der Waals surface area contributed by atoms with Crippen LogP contribution in [0.25, 0.3) is 0 Å². The van der Waals surface area contributed by atoms with E-state index in [1.54, 1.807) is 19.2 Å². The Bertz CT molecular complexity index is 788. The molecule has 22 heavy (non-hydrogen) atoms. The zero-order chi connectivity index (χ0) is 16.1. The molecule has 7 heteroatoms. The summed E-state index contributed by atoms with van der Waals surface area (Å²) in [5.74, 6) is 0.478. The van der Waals surface area contributed by atoms with Crippen molar-refractivity contribution in [1.82, 2.24) is 4.57 Å². The second-order valence-corrected chi connectivity index (χ2v) is 4.58. The van der Waals surface area contributed by atoms with Gasteiger partial charge in [0.1, 0.15) is 24.0 Å². The van der Waals surface area contributed by atoms with E-state index in [4.69, 9.17) is 10.00 Å². The maximum absolute atomic E-state index is 12.0. The van der Waals surface area contributed by atoms with Crippen molar-refractivity contribution in [3.8, 4) is 11.8 Å². The largest absolute Gasteiger partial charge is 0.492 e. The minimum Gasteiger partial charge on any atom is -0.492 e. The molecule has 7 nitrogen and oxygen atoms in total. The third-order valence-corrected chi connectivity index (χ3v) is 3.13. The number of aryl methyl sites for hydroxylation is 1. The van der Waals surface area contributed by atoms with Crippen LogP contribution in [-0.2, 0) is 6.54 Å². The number of nitrogens with zero attached hydrogens (tertiary/aromatic N) is 3. The lowest BCUT2D eigenvalue weighted by atomic mass is 10.2. The second-order valence-electron chi connectivity index (χ2n) is 4.58. The van der Waals surface area contributed by atoms with Crippen molar-refractivity contribution in [1.29, 1.82) is 5.26 Å². The Balaban J connectivity index is 2.01. The number of nitro groups is 1. The molecule has 0 aliphatic heterocycles. The molecule has 0 fully saturated rings. The molecule has 0 N–H and O–H groups in total. The van der Waals surface area contributed by atoms with Crippen LogP contribution in [0.2, 0.25) is 0 Å². The van der Waals surface area contributed by atoms with Crippen molar-refractivity contribution in [2.45, 2.75) is 13.5 Å². The summed E-state index contributed by atoms with van der Waals surface area (Å²) < 4.78 is 6.84. The molecule has 0 amide bonds. The van der Waals surface area contributed by atoms with Crippen molar-refractivity contribution >= 4 is 5.69 Å². The molecule has 0 atom stereocenters. The Morgan fingerprint density at radius 1 is 1.32 bits per heavy atom. The molecule has 2 rings (SSSR count). The summed E-state index contributed by atoms with van der Waals surface area (Å²) in [7, 11) is 0. The zero-order valence-electron chi connectivity index (χ0n) is 11.9. The minimum absolute atomic E-state index is 0.0132. The summed E-state index contributed by atoms with van der Waals surface area (Å²) in [6.07, 6.45) is 1.61.